The third-order valence-corrected chi connectivity index (χ3v) is 23.2. The molecule has 0 spiro atoms. The monoisotopic (exact) mass is 941 g/mol. The van der Waals surface area contributed by atoms with Gasteiger partial charge < -0.3 is 55.9 Å². The van der Waals surface area contributed by atoms with Crippen molar-refractivity contribution >= 4 is 63.7 Å². The number of unbranched alkanes of at least 4 members (excludes halogenated alkanes) is 2. The van der Waals surface area contributed by atoms with Crippen molar-refractivity contribution in [2.24, 2.45) is 0 Å². The maximum atomic E-state index is 12.6. The standard InChI is InChI=1S/C39H80N4O14Si4/c1-33(54-59(8,9)56-61(12,32-50-3)57-60(10,11)55-58(5,6)7)29-42(23-27-52-34(2)44)24-28-53-39(49)20-16-14-18-37(47)41-22-26-43(30-35(45)31-43)25-21-40-36(46)17-13-15-19-38(48)51-4/h33,35,45H,13-32H2,1-12H3,(H-,40,41,46,47)/p+1. The van der Waals surface area contributed by atoms with E-state index in [1.54, 1.807) is 7.11 Å². The van der Waals surface area contributed by atoms with Crippen molar-refractivity contribution < 1.29 is 69.3 Å². The molecule has 3 N–H and O–H groups in total. The second-order valence-corrected chi connectivity index (χ2v) is 33.1. The van der Waals surface area contributed by atoms with E-state index in [0.717, 1.165) is 0 Å². The predicted octanol–water partition coefficient (Wildman–Crippen LogP) is 3.06. The molecule has 0 aromatic carbocycles. The molecule has 1 saturated heterocycles. The van der Waals surface area contributed by atoms with E-state index in [1.165, 1.54) is 14.0 Å². The van der Waals surface area contributed by atoms with Crippen LogP contribution in [0.3, 0.4) is 0 Å². The van der Waals surface area contributed by atoms with Gasteiger partial charge in [-0.1, -0.05) is 0 Å². The van der Waals surface area contributed by atoms with Gasteiger partial charge in [0.15, 0.2) is 14.4 Å². The molecule has 0 aliphatic carbocycles. The Bertz CT molecular complexity index is 1350. The first-order chi connectivity index (χ1) is 28.3. The number of quaternary nitrogens is 1. The van der Waals surface area contributed by atoms with Crippen LogP contribution in [-0.2, 0) is 59.7 Å². The second-order valence-electron chi connectivity index (χ2n) is 18.1. The van der Waals surface area contributed by atoms with Gasteiger partial charge in [0.1, 0.15) is 26.3 Å². The lowest BCUT2D eigenvalue weighted by Crippen LogP contribution is -2.69. The van der Waals surface area contributed by atoms with Crippen LogP contribution < -0.4 is 10.6 Å². The van der Waals surface area contributed by atoms with E-state index in [2.05, 4.69) is 35.0 Å². The largest absolute Gasteiger partial charge is 0.469 e. The fraction of sp³-hybridized carbons (Fsp3) is 0.872. The number of carbonyl (C=O) groups excluding carboxylic acids is 5. The molecule has 22 heteroatoms. The molecule has 0 radical (unpaired) electrons. The number of aliphatic hydroxyl groups excluding tert-OH is 1. The molecule has 1 aliphatic rings. The number of hydrogen-bond donors (Lipinski definition) is 3. The summed E-state index contributed by atoms with van der Waals surface area (Å²) in [6.07, 6.45) is 2.98. The van der Waals surface area contributed by atoms with Crippen LogP contribution in [-0.4, -0.2) is 183 Å². The summed E-state index contributed by atoms with van der Waals surface area (Å²) in [7, 11) is -6.98. The fourth-order valence-electron chi connectivity index (χ4n) is 7.59. The van der Waals surface area contributed by atoms with Gasteiger partial charge in [-0.2, -0.15) is 0 Å². The van der Waals surface area contributed by atoms with Crippen molar-refractivity contribution in [1.82, 2.24) is 15.5 Å². The van der Waals surface area contributed by atoms with Crippen LogP contribution in [0, 0.1) is 0 Å². The molecule has 2 amide bonds. The van der Waals surface area contributed by atoms with Gasteiger partial charge in [-0.3, -0.25) is 28.9 Å². The minimum atomic E-state index is -2.85. The molecule has 0 aromatic heterocycles. The molecular weight excluding hydrogens is 861 g/mol. The van der Waals surface area contributed by atoms with E-state index in [9.17, 15) is 29.1 Å². The van der Waals surface area contributed by atoms with Crippen molar-refractivity contribution in [2.45, 2.75) is 130 Å². The SMILES string of the molecule is COC[Si](C)(O[Si](C)(C)OC(C)CN(CCOC(C)=O)CCOC(=O)CCCCC(=O)NCC[N+]1(CCNC(=O)CCCCC(=O)OC)CC(O)C1)O[Si](C)(C)O[Si](C)(C)C. The number of rotatable bonds is 34. The molecule has 18 nitrogen and oxygen atoms in total. The number of aliphatic hydroxyl groups is 1. The van der Waals surface area contributed by atoms with E-state index in [0.29, 0.717) is 108 Å². The Morgan fingerprint density at radius 2 is 1.21 bits per heavy atom. The van der Waals surface area contributed by atoms with E-state index < -0.39 is 40.1 Å². The molecule has 1 rings (SSSR count). The van der Waals surface area contributed by atoms with Crippen LogP contribution in [0.1, 0.15) is 65.2 Å². The highest BCUT2D eigenvalue weighted by Gasteiger charge is 2.47. The quantitative estimate of drug-likeness (QED) is 0.0279. The van der Waals surface area contributed by atoms with Gasteiger partial charge in [-0.05, 0) is 85.0 Å². The Morgan fingerprint density at radius 1 is 0.721 bits per heavy atom. The highest BCUT2D eigenvalue weighted by atomic mass is 28.5. The smallest absolute Gasteiger partial charge is 0.344 e. The highest BCUT2D eigenvalue weighted by molar-refractivity contribution is 6.88. The molecule has 356 valence electrons. The van der Waals surface area contributed by atoms with Crippen LogP contribution in [0.4, 0.5) is 0 Å². The van der Waals surface area contributed by atoms with Gasteiger partial charge in [0.2, 0.25) is 11.8 Å². The normalized spacial score (nSPS) is 18.4. The second kappa shape index (κ2) is 27.9. The minimum Gasteiger partial charge on any atom is -0.469 e. The fourth-order valence-corrected chi connectivity index (χ4v) is 25.1. The minimum absolute atomic E-state index is 0.0770. The molecule has 2 atom stereocenters. The Labute approximate surface area is 369 Å². The Balaban J connectivity index is 2.50. The average Bonchev–Trinajstić information content (AvgIpc) is 3.08. The summed E-state index contributed by atoms with van der Waals surface area (Å²) in [4.78, 5) is 62.0. The molecule has 2 unspecified atom stereocenters. The molecule has 0 bridgehead atoms. The number of amides is 2. The number of likely N-dealkylation sites (tertiary alicyclic amines) is 1. The first-order valence-corrected chi connectivity index (χ1v) is 33.3. The molecule has 1 heterocycles. The van der Waals surface area contributed by atoms with Crippen molar-refractivity contribution in [3.05, 3.63) is 0 Å². The summed E-state index contributed by atoms with van der Waals surface area (Å²) in [5.41, 5.74) is 0. The summed E-state index contributed by atoms with van der Waals surface area (Å²) in [5, 5.41) is 15.9. The van der Waals surface area contributed by atoms with E-state index in [1.807, 2.05) is 44.6 Å². The molecule has 0 aromatic rings. The number of ether oxygens (including phenoxy) is 4. The van der Waals surface area contributed by atoms with Crippen LogP contribution in [0.25, 0.3) is 0 Å². The van der Waals surface area contributed by atoms with Crippen molar-refractivity contribution in [1.29, 1.82) is 0 Å². The van der Waals surface area contributed by atoms with Gasteiger partial charge in [0.05, 0.1) is 45.6 Å². The molecular formula is C39H81N4O14Si4+. The van der Waals surface area contributed by atoms with E-state index in [-0.39, 0.29) is 61.9 Å². The number of hydrogen-bond acceptors (Lipinski definition) is 15. The van der Waals surface area contributed by atoms with Crippen LogP contribution in [0.5, 0.6) is 0 Å². The molecule has 0 saturated carbocycles. The Morgan fingerprint density at radius 3 is 1.69 bits per heavy atom. The lowest BCUT2D eigenvalue weighted by atomic mass is 10.1. The predicted molar refractivity (Wildman–Crippen MR) is 240 cm³/mol. The summed E-state index contributed by atoms with van der Waals surface area (Å²) < 4.78 is 47.8. The Kier molecular flexibility index (Phi) is 26.1. The maximum Gasteiger partial charge on any atom is 0.344 e. The van der Waals surface area contributed by atoms with E-state index in [4.69, 9.17) is 31.0 Å². The van der Waals surface area contributed by atoms with E-state index >= 15 is 0 Å². The summed E-state index contributed by atoms with van der Waals surface area (Å²) in [6, 6.07) is 0. The third kappa shape index (κ3) is 27.6. The zero-order chi connectivity index (χ0) is 46.3. The van der Waals surface area contributed by atoms with Gasteiger partial charge in [0.25, 0.3) is 0 Å². The number of esters is 3. The zero-order valence-corrected chi connectivity index (χ0v) is 43.4. The van der Waals surface area contributed by atoms with Crippen molar-refractivity contribution in [2.75, 3.05) is 92.6 Å². The van der Waals surface area contributed by atoms with Crippen LogP contribution in [0.2, 0.25) is 52.4 Å². The number of methoxy groups -OCH3 is 2. The molecule has 1 aliphatic heterocycles. The van der Waals surface area contributed by atoms with Gasteiger partial charge >= 0.3 is 43.6 Å². The summed E-state index contributed by atoms with van der Waals surface area (Å²) >= 11 is 0. The zero-order valence-electron chi connectivity index (χ0n) is 39.4. The first-order valence-electron chi connectivity index (χ1n) is 21.7. The van der Waals surface area contributed by atoms with Crippen LogP contribution >= 0.6 is 0 Å². The molecule has 1 fully saturated rings. The van der Waals surface area contributed by atoms with Crippen molar-refractivity contribution in [3.8, 4) is 0 Å². The third-order valence-electron chi connectivity index (χ3n) is 9.58. The topological polar surface area (TPSA) is 207 Å². The summed E-state index contributed by atoms with van der Waals surface area (Å²) in [6.45, 7) is 24.7. The van der Waals surface area contributed by atoms with Gasteiger partial charge in [0, 0.05) is 59.4 Å². The average molecular weight is 942 g/mol. The van der Waals surface area contributed by atoms with Gasteiger partial charge in [-0.15, -0.1) is 0 Å². The number of nitrogens with one attached hydrogen (secondary N) is 2. The first kappa shape index (κ1) is 56.9. The van der Waals surface area contributed by atoms with Crippen molar-refractivity contribution in [3.63, 3.8) is 0 Å². The number of nitrogens with zero attached hydrogens (tertiary/aromatic N) is 2. The Hall–Kier alpha value is -2.10. The molecule has 61 heavy (non-hydrogen) atoms. The van der Waals surface area contributed by atoms with Crippen LogP contribution in [0.15, 0.2) is 0 Å². The lowest BCUT2D eigenvalue weighted by molar-refractivity contribution is -0.970. The highest BCUT2D eigenvalue weighted by Crippen LogP contribution is 2.26. The van der Waals surface area contributed by atoms with Gasteiger partial charge in [-0.25, -0.2) is 0 Å². The maximum absolute atomic E-state index is 12.6. The number of carbonyl (C=O) groups is 5. The lowest BCUT2D eigenvalue weighted by Gasteiger charge is -2.48. The summed E-state index contributed by atoms with van der Waals surface area (Å²) in [5.74, 6) is -1.20.